The lowest BCUT2D eigenvalue weighted by molar-refractivity contribution is -0.140. The largest absolute Gasteiger partial charge is 0.352 e. The second-order valence-corrected chi connectivity index (χ2v) is 11.9. The Kier molecular flexibility index (Phi) is 9.79. The SMILES string of the molecule is CC[C@H](C(=O)NC1CCCCC1)N(Cc1ccc(C)cc1)C(=O)CN(c1cccc(Cl)c1)S(C)(=O)=O. The maximum Gasteiger partial charge on any atom is 0.244 e. The van der Waals surface area contributed by atoms with Crippen molar-refractivity contribution in [1.29, 1.82) is 0 Å². The first-order valence-corrected chi connectivity index (χ1v) is 14.7. The smallest absolute Gasteiger partial charge is 0.244 e. The van der Waals surface area contributed by atoms with Crippen LogP contribution < -0.4 is 9.62 Å². The van der Waals surface area contributed by atoms with Crippen molar-refractivity contribution in [3.8, 4) is 0 Å². The van der Waals surface area contributed by atoms with Gasteiger partial charge in [-0.1, -0.05) is 73.7 Å². The number of hydrogen-bond acceptors (Lipinski definition) is 4. The summed E-state index contributed by atoms with van der Waals surface area (Å²) in [5.74, 6) is -0.648. The zero-order chi connectivity index (χ0) is 26.3. The summed E-state index contributed by atoms with van der Waals surface area (Å²) in [4.78, 5) is 28.6. The summed E-state index contributed by atoms with van der Waals surface area (Å²) in [6.07, 6.45) is 6.67. The van der Waals surface area contributed by atoms with Gasteiger partial charge in [0.15, 0.2) is 0 Å². The number of amides is 2. The fraction of sp³-hybridized carbons (Fsp3) is 0.481. The fourth-order valence-electron chi connectivity index (χ4n) is 4.60. The topological polar surface area (TPSA) is 86.8 Å². The Balaban J connectivity index is 1.90. The molecule has 2 amide bonds. The standard InChI is InChI=1S/C27H36ClN3O4S/c1-4-25(27(33)29-23-10-6-5-7-11-23)30(18-21-15-13-20(2)14-16-21)26(32)19-31(36(3,34)35)24-12-8-9-22(28)17-24/h8-9,12-17,23,25H,4-7,10-11,18-19H2,1-3H3,(H,29,33)/t25-/m1/s1. The van der Waals surface area contributed by atoms with Crippen molar-refractivity contribution in [3.63, 3.8) is 0 Å². The van der Waals surface area contributed by atoms with Gasteiger partial charge in [0.1, 0.15) is 12.6 Å². The second-order valence-electron chi connectivity index (χ2n) is 9.52. The van der Waals surface area contributed by atoms with Crippen LogP contribution in [0.1, 0.15) is 56.6 Å². The predicted octanol–water partition coefficient (Wildman–Crippen LogP) is 4.67. The highest BCUT2D eigenvalue weighted by Gasteiger charge is 2.32. The number of sulfonamides is 1. The number of benzene rings is 2. The summed E-state index contributed by atoms with van der Waals surface area (Å²) >= 11 is 6.10. The highest BCUT2D eigenvalue weighted by atomic mass is 35.5. The summed E-state index contributed by atoms with van der Waals surface area (Å²) < 4.78 is 26.4. The lowest BCUT2D eigenvalue weighted by atomic mass is 9.95. The first-order chi connectivity index (χ1) is 17.1. The van der Waals surface area contributed by atoms with Crippen molar-refractivity contribution < 1.29 is 18.0 Å². The third kappa shape index (κ3) is 7.71. The van der Waals surface area contributed by atoms with E-state index in [0.29, 0.717) is 17.1 Å². The molecule has 2 aromatic rings. The molecule has 1 N–H and O–H groups in total. The van der Waals surface area contributed by atoms with E-state index in [9.17, 15) is 18.0 Å². The quantitative estimate of drug-likeness (QED) is 0.481. The van der Waals surface area contributed by atoms with E-state index in [4.69, 9.17) is 11.6 Å². The molecule has 1 aliphatic carbocycles. The number of anilines is 1. The molecule has 9 heteroatoms. The average molecular weight is 534 g/mol. The van der Waals surface area contributed by atoms with E-state index in [2.05, 4.69) is 5.32 Å². The first kappa shape index (κ1) is 28.0. The highest BCUT2D eigenvalue weighted by Crippen LogP contribution is 2.23. The van der Waals surface area contributed by atoms with Gasteiger partial charge >= 0.3 is 0 Å². The van der Waals surface area contributed by atoms with Crippen LogP contribution in [-0.2, 0) is 26.2 Å². The minimum Gasteiger partial charge on any atom is -0.352 e. The molecule has 3 rings (SSSR count). The number of carbonyl (C=O) groups is 2. The molecule has 1 saturated carbocycles. The molecule has 0 radical (unpaired) electrons. The van der Waals surface area contributed by atoms with Gasteiger partial charge in [0.2, 0.25) is 21.8 Å². The monoisotopic (exact) mass is 533 g/mol. The van der Waals surface area contributed by atoms with Gasteiger partial charge < -0.3 is 10.2 Å². The summed E-state index contributed by atoms with van der Waals surface area (Å²) in [7, 11) is -3.79. The molecule has 36 heavy (non-hydrogen) atoms. The summed E-state index contributed by atoms with van der Waals surface area (Å²) in [5, 5.41) is 3.50. The van der Waals surface area contributed by atoms with Crippen molar-refractivity contribution in [2.45, 2.75) is 71.0 Å². The minimum absolute atomic E-state index is 0.107. The van der Waals surface area contributed by atoms with Gasteiger partial charge in [0, 0.05) is 17.6 Å². The van der Waals surface area contributed by atoms with Crippen LogP contribution in [0.4, 0.5) is 5.69 Å². The van der Waals surface area contributed by atoms with Crippen LogP contribution in [0.3, 0.4) is 0 Å². The normalized spacial score (nSPS) is 15.2. The van der Waals surface area contributed by atoms with E-state index in [1.165, 1.54) is 17.4 Å². The van der Waals surface area contributed by atoms with Gasteiger partial charge in [0.25, 0.3) is 0 Å². The number of hydrogen-bond donors (Lipinski definition) is 1. The third-order valence-corrected chi connectivity index (χ3v) is 7.96. The van der Waals surface area contributed by atoms with Crippen molar-refractivity contribution >= 4 is 39.1 Å². The summed E-state index contributed by atoms with van der Waals surface area (Å²) in [5.41, 5.74) is 2.25. The molecule has 1 atom stereocenters. The summed E-state index contributed by atoms with van der Waals surface area (Å²) in [6, 6.07) is 13.5. The molecule has 0 bridgehead atoms. The molecule has 0 saturated heterocycles. The average Bonchev–Trinajstić information content (AvgIpc) is 2.83. The number of carbonyl (C=O) groups excluding carboxylic acids is 2. The number of halogens is 1. The lowest BCUT2D eigenvalue weighted by Crippen LogP contribution is -2.53. The van der Waals surface area contributed by atoms with E-state index in [-0.39, 0.29) is 18.5 Å². The third-order valence-electron chi connectivity index (χ3n) is 6.59. The Bertz CT molecular complexity index is 1150. The minimum atomic E-state index is -3.79. The number of aryl methyl sites for hydroxylation is 1. The Morgan fingerprint density at radius 2 is 1.75 bits per heavy atom. The predicted molar refractivity (Wildman–Crippen MR) is 144 cm³/mol. The van der Waals surface area contributed by atoms with Gasteiger partial charge in [-0.25, -0.2) is 8.42 Å². The van der Waals surface area contributed by atoms with Gasteiger partial charge in [-0.05, 0) is 49.9 Å². The van der Waals surface area contributed by atoms with Crippen molar-refractivity contribution in [3.05, 3.63) is 64.7 Å². The van der Waals surface area contributed by atoms with E-state index < -0.39 is 28.5 Å². The molecule has 0 aromatic heterocycles. The molecule has 0 aliphatic heterocycles. The molecular weight excluding hydrogens is 498 g/mol. The van der Waals surface area contributed by atoms with Crippen LogP contribution >= 0.6 is 11.6 Å². The molecule has 196 valence electrons. The molecule has 1 fully saturated rings. The van der Waals surface area contributed by atoms with Crippen molar-refractivity contribution in [2.24, 2.45) is 0 Å². The van der Waals surface area contributed by atoms with Gasteiger partial charge in [-0.2, -0.15) is 0 Å². The Labute approximate surface area is 219 Å². The number of nitrogens with zero attached hydrogens (tertiary/aromatic N) is 2. The summed E-state index contributed by atoms with van der Waals surface area (Å²) in [6.45, 7) is 3.61. The molecule has 0 unspecified atom stereocenters. The molecule has 0 spiro atoms. The van der Waals surface area contributed by atoms with Crippen molar-refractivity contribution in [2.75, 3.05) is 17.1 Å². The van der Waals surface area contributed by atoms with Crippen LogP contribution in [0.5, 0.6) is 0 Å². The zero-order valence-electron chi connectivity index (χ0n) is 21.2. The zero-order valence-corrected chi connectivity index (χ0v) is 22.8. The van der Waals surface area contributed by atoms with Crippen LogP contribution in [0.15, 0.2) is 48.5 Å². The number of nitrogens with one attached hydrogen (secondary N) is 1. The fourth-order valence-corrected chi connectivity index (χ4v) is 5.62. The Morgan fingerprint density at radius 1 is 1.08 bits per heavy atom. The maximum absolute atomic E-state index is 13.7. The van der Waals surface area contributed by atoms with Gasteiger partial charge in [-0.15, -0.1) is 0 Å². The highest BCUT2D eigenvalue weighted by molar-refractivity contribution is 7.92. The van der Waals surface area contributed by atoms with E-state index in [0.717, 1.165) is 47.4 Å². The molecule has 2 aromatic carbocycles. The molecular formula is C27H36ClN3O4S. The van der Waals surface area contributed by atoms with E-state index >= 15 is 0 Å². The van der Waals surface area contributed by atoms with Crippen molar-refractivity contribution in [1.82, 2.24) is 10.2 Å². The van der Waals surface area contributed by atoms with Crippen LogP contribution in [-0.4, -0.2) is 50.0 Å². The first-order valence-electron chi connectivity index (χ1n) is 12.5. The Hall–Kier alpha value is -2.58. The Morgan fingerprint density at radius 3 is 2.33 bits per heavy atom. The second kappa shape index (κ2) is 12.6. The van der Waals surface area contributed by atoms with Crippen LogP contribution in [0.25, 0.3) is 0 Å². The lowest BCUT2D eigenvalue weighted by Gasteiger charge is -2.34. The molecule has 1 aliphatic rings. The van der Waals surface area contributed by atoms with Crippen LogP contribution in [0.2, 0.25) is 5.02 Å². The molecule has 7 nitrogen and oxygen atoms in total. The number of rotatable bonds is 10. The molecule has 0 heterocycles. The van der Waals surface area contributed by atoms with E-state index in [1.54, 1.807) is 18.2 Å². The van der Waals surface area contributed by atoms with E-state index in [1.807, 2.05) is 38.1 Å². The van der Waals surface area contributed by atoms with Gasteiger partial charge in [0.05, 0.1) is 11.9 Å². The van der Waals surface area contributed by atoms with Crippen LogP contribution in [0, 0.1) is 6.92 Å². The maximum atomic E-state index is 13.7. The van der Waals surface area contributed by atoms with Gasteiger partial charge in [-0.3, -0.25) is 13.9 Å².